The van der Waals surface area contributed by atoms with Crippen molar-refractivity contribution < 1.29 is 24.2 Å². The highest BCUT2D eigenvalue weighted by Gasteiger charge is 2.39. The normalized spacial score (nSPS) is 19.2. The molecule has 2 aliphatic heterocycles. The van der Waals surface area contributed by atoms with Crippen molar-refractivity contribution in [2.75, 3.05) is 36.5 Å². The topological polar surface area (TPSA) is 149 Å². The fourth-order valence-corrected chi connectivity index (χ4v) is 4.24. The lowest BCUT2D eigenvalue weighted by Crippen LogP contribution is -2.55. The fourth-order valence-electron chi connectivity index (χ4n) is 4.24. The van der Waals surface area contributed by atoms with Crippen LogP contribution in [0.1, 0.15) is 35.2 Å². The van der Waals surface area contributed by atoms with Crippen molar-refractivity contribution in [3.05, 3.63) is 59.7 Å². The smallest absolute Gasteiger partial charge is 0.259 e. The molecule has 0 radical (unpaired) electrons. The molecule has 2 aromatic carbocycles. The average molecular weight is 480 g/mol. The minimum Gasteiger partial charge on any atom is -0.384 e. The number of amides is 3. The van der Waals surface area contributed by atoms with Crippen molar-refractivity contribution >= 4 is 34.9 Å². The molecule has 0 aliphatic carbocycles. The third-order valence-corrected chi connectivity index (χ3v) is 6.21. The molecule has 184 valence electrons. The number of nitrogens with one attached hydrogen (secondary N) is 2. The Morgan fingerprint density at radius 2 is 1.63 bits per heavy atom. The average Bonchev–Trinajstić information content (AvgIpc) is 2.89. The number of carbonyl (C=O) groups is 3. The van der Waals surface area contributed by atoms with E-state index in [4.69, 9.17) is 15.9 Å². The third-order valence-electron chi connectivity index (χ3n) is 6.21. The second-order valence-electron chi connectivity index (χ2n) is 8.61. The first-order chi connectivity index (χ1) is 16.8. The number of amidine groups is 1. The second-order valence-corrected chi connectivity index (χ2v) is 8.61. The molecule has 2 aliphatic rings. The largest absolute Gasteiger partial charge is 0.384 e. The summed E-state index contributed by atoms with van der Waals surface area (Å²) in [7, 11) is 0. The van der Waals surface area contributed by atoms with Crippen LogP contribution in [0, 0.1) is 5.41 Å². The maximum Gasteiger partial charge on any atom is 0.259 e. The first-order valence-corrected chi connectivity index (χ1v) is 11.6. The zero-order valence-corrected chi connectivity index (χ0v) is 19.3. The molecule has 0 unspecified atom stereocenters. The number of hydrogen-bond acceptors (Lipinski definition) is 6. The summed E-state index contributed by atoms with van der Waals surface area (Å²) in [5.41, 5.74) is 7.42. The van der Waals surface area contributed by atoms with Crippen molar-refractivity contribution in [2.24, 2.45) is 5.73 Å². The molecular formula is C25H29N5O5. The van der Waals surface area contributed by atoms with E-state index in [1.54, 1.807) is 48.5 Å². The number of aliphatic hydroxyl groups excluding tert-OH is 1. The summed E-state index contributed by atoms with van der Waals surface area (Å²) in [5, 5.41) is 20.5. The molecule has 5 N–H and O–H groups in total. The van der Waals surface area contributed by atoms with Gasteiger partial charge >= 0.3 is 0 Å². The number of aliphatic hydroxyl groups is 1. The van der Waals surface area contributed by atoms with Crippen molar-refractivity contribution in [1.82, 2.24) is 4.90 Å². The third kappa shape index (κ3) is 5.50. The first kappa shape index (κ1) is 24.4. The summed E-state index contributed by atoms with van der Waals surface area (Å²) in [6.07, 6.45) is 0.0619. The van der Waals surface area contributed by atoms with Crippen molar-refractivity contribution in [1.29, 1.82) is 5.41 Å². The number of hydrogen-bond donors (Lipinski definition) is 4. The first-order valence-electron chi connectivity index (χ1n) is 11.6. The lowest BCUT2D eigenvalue weighted by Gasteiger charge is -2.34. The summed E-state index contributed by atoms with van der Waals surface area (Å²) in [5.74, 6) is -1.46. The number of benzene rings is 2. The highest BCUT2D eigenvalue weighted by atomic mass is 16.5. The predicted octanol–water partition coefficient (Wildman–Crippen LogP) is 1.33. The number of likely N-dealkylation sites (tertiary alicyclic amines) is 1. The van der Waals surface area contributed by atoms with Crippen LogP contribution in [0.15, 0.2) is 48.5 Å². The Morgan fingerprint density at radius 3 is 2.26 bits per heavy atom. The van der Waals surface area contributed by atoms with Crippen molar-refractivity contribution in [3.63, 3.8) is 0 Å². The monoisotopic (exact) mass is 479 g/mol. The summed E-state index contributed by atoms with van der Waals surface area (Å²) in [6.45, 7) is 1.91. The van der Waals surface area contributed by atoms with E-state index in [2.05, 4.69) is 5.32 Å². The zero-order valence-electron chi connectivity index (χ0n) is 19.3. The van der Waals surface area contributed by atoms with Gasteiger partial charge in [-0.25, -0.2) is 0 Å². The van der Waals surface area contributed by atoms with Gasteiger partial charge in [0.05, 0.1) is 6.61 Å². The fraction of sp³-hybridized carbons (Fsp3) is 0.360. The molecule has 2 fully saturated rings. The number of rotatable bonds is 6. The van der Waals surface area contributed by atoms with Gasteiger partial charge in [0.2, 0.25) is 0 Å². The molecule has 3 amide bonds. The Kier molecular flexibility index (Phi) is 7.42. The van der Waals surface area contributed by atoms with Crippen molar-refractivity contribution in [2.45, 2.75) is 31.5 Å². The van der Waals surface area contributed by atoms with Crippen LogP contribution >= 0.6 is 0 Å². The van der Waals surface area contributed by atoms with E-state index >= 15 is 0 Å². The molecule has 2 aromatic rings. The van der Waals surface area contributed by atoms with E-state index in [-0.39, 0.29) is 24.9 Å². The Labute approximate surface area is 203 Å². The Balaban J connectivity index is 1.40. The number of ether oxygens (including phenoxy) is 1. The van der Waals surface area contributed by atoms with Crippen LogP contribution in [0.25, 0.3) is 0 Å². The van der Waals surface area contributed by atoms with E-state index in [1.165, 1.54) is 4.90 Å². The van der Waals surface area contributed by atoms with Crippen LogP contribution in [0.4, 0.5) is 11.4 Å². The summed E-state index contributed by atoms with van der Waals surface area (Å²) in [4.78, 5) is 41.6. The van der Waals surface area contributed by atoms with Crippen LogP contribution in [0.5, 0.6) is 0 Å². The predicted molar refractivity (Wildman–Crippen MR) is 130 cm³/mol. The van der Waals surface area contributed by atoms with E-state index in [1.807, 2.05) is 4.90 Å². The van der Waals surface area contributed by atoms with Gasteiger partial charge in [0, 0.05) is 42.1 Å². The number of carbonyl (C=O) groups excluding carboxylic acids is 3. The summed E-state index contributed by atoms with van der Waals surface area (Å²) in [6, 6.07) is 13.0. The number of nitrogen functional groups attached to an aromatic ring is 1. The zero-order chi connectivity index (χ0) is 24.9. The van der Waals surface area contributed by atoms with E-state index < -0.39 is 24.0 Å². The summed E-state index contributed by atoms with van der Waals surface area (Å²) < 4.78 is 5.45. The van der Waals surface area contributed by atoms with Gasteiger partial charge in [-0.1, -0.05) is 0 Å². The van der Waals surface area contributed by atoms with Crippen LogP contribution in [-0.2, 0) is 14.3 Å². The van der Waals surface area contributed by atoms with E-state index in [0.717, 1.165) is 32.4 Å². The molecule has 2 saturated heterocycles. The van der Waals surface area contributed by atoms with Gasteiger partial charge in [0.15, 0.2) is 12.2 Å². The molecule has 0 bridgehead atoms. The molecule has 10 nitrogen and oxygen atoms in total. The molecule has 0 saturated carbocycles. The highest BCUT2D eigenvalue weighted by Crippen LogP contribution is 2.23. The molecule has 4 rings (SSSR count). The molecular weight excluding hydrogens is 450 g/mol. The quantitative estimate of drug-likeness (QED) is 0.363. The molecule has 2 heterocycles. The van der Waals surface area contributed by atoms with Crippen LogP contribution in [0.3, 0.4) is 0 Å². The van der Waals surface area contributed by atoms with Gasteiger partial charge in [-0.2, -0.15) is 0 Å². The maximum atomic E-state index is 13.1. The number of anilines is 2. The van der Waals surface area contributed by atoms with Gasteiger partial charge in [-0.05, 0) is 67.8 Å². The molecule has 10 heteroatoms. The van der Waals surface area contributed by atoms with Gasteiger partial charge < -0.3 is 30.7 Å². The Bertz CT molecular complexity index is 1100. The number of nitrogens with zero attached hydrogens (tertiary/aromatic N) is 2. The molecule has 0 spiro atoms. The molecule has 0 aromatic heterocycles. The SMILES string of the molecule is N=C(N)c1ccc(NC(=O)[C@H](O)[C@H]2OCCN(c3ccc(C(=O)N4CCCCC4)cc3)C2=O)cc1. The number of piperidine rings is 1. The lowest BCUT2D eigenvalue weighted by molar-refractivity contribution is -0.150. The van der Waals surface area contributed by atoms with Crippen LogP contribution in [-0.4, -0.2) is 72.0 Å². The summed E-state index contributed by atoms with van der Waals surface area (Å²) >= 11 is 0. The second kappa shape index (κ2) is 10.7. The number of morpholine rings is 1. The standard InChI is InChI=1S/C25H29N5O5/c26-22(27)16-4-8-18(9-5-16)28-23(32)20(31)21-25(34)30(14-15-35-21)19-10-6-17(7-11-19)24(33)29-12-2-1-3-13-29/h4-11,20-21,31H,1-3,12-15H2,(H3,26,27)(H,28,32)/t20-,21-/m1/s1. The Morgan fingerprint density at radius 1 is 1.00 bits per heavy atom. The van der Waals surface area contributed by atoms with Gasteiger partial charge in [-0.15, -0.1) is 0 Å². The Hall–Kier alpha value is -3.76. The van der Waals surface area contributed by atoms with E-state index in [9.17, 15) is 19.5 Å². The van der Waals surface area contributed by atoms with Crippen LogP contribution < -0.4 is 16.0 Å². The lowest BCUT2D eigenvalue weighted by atomic mass is 10.1. The maximum absolute atomic E-state index is 13.1. The highest BCUT2D eigenvalue weighted by molar-refractivity contribution is 6.04. The van der Waals surface area contributed by atoms with Crippen molar-refractivity contribution in [3.8, 4) is 0 Å². The van der Waals surface area contributed by atoms with E-state index in [0.29, 0.717) is 22.5 Å². The number of nitrogens with two attached hydrogens (primary N) is 1. The van der Waals surface area contributed by atoms with Crippen LogP contribution in [0.2, 0.25) is 0 Å². The molecule has 2 atom stereocenters. The van der Waals surface area contributed by atoms with Gasteiger partial charge in [0.25, 0.3) is 17.7 Å². The minimum absolute atomic E-state index is 0.0224. The van der Waals surface area contributed by atoms with Gasteiger partial charge in [-0.3, -0.25) is 19.8 Å². The molecule has 35 heavy (non-hydrogen) atoms. The minimum atomic E-state index is -1.72. The van der Waals surface area contributed by atoms with Gasteiger partial charge in [0.1, 0.15) is 5.84 Å².